The first-order valence-electron chi connectivity index (χ1n) is 24.0. The van der Waals surface area contributed by atoms with Gasteiger partial charge in [0.25, 0.3) is 7.82 Å². The lowest BCUT2D eigenvalue weighted by Crippen LogP contribution is -2.37. The molecule has 1 unspecified atom stereocenters. The second-order valence-electron chi connectivity index (χ2n) is 3.63. The normalized spacial score (nSPS) is 42.6. The van der Waals surface area contributed by atoms with Crippen molar-refractivity contribution in [3.8, 4) is 0 Å². The number of ether oxygens (including phenoxy) is 1. The fourth-order valence-electron chi connectivity index (χ4n) is 0.806. The molecule has 0 N–H and O–H groups in total. The molecule has 0 fully saturated rings. The topological polar surface area (TPSA) is 67.8 Å². The molecule has 0 aliphatic carbocycles. The number of nitrogens with zero attached hydrogens (tertiary/aromatic N) is 1. The standard InChI is InChI=1S/C19H42NO5P/c1-5-6-7-8-9-10-11-12-13-14-16-23-18-19-25-26(21,22)24-17-15-20(2,3)4/h5-19H2,1-4H3/i1D2,2D3,3D3,4D3,5D2,6D2,7D2,8D2,9D2,10D2,11D2,12D2,13D2,14D2,15D2,17D2. The summed E-state index contributed by atoms with van der Waals surface area (Å²) in [7, 11) is -6.37. The Kier molecular flexibility index (Phi) is 2.79. The lowest BCUT2D eigenvalue weighted by molar-refractivity contribution is -0.870. The van der Waals surface area contributed by atoms with Crippen molar-refractivity contribution in [3.63, 3.8) is 0 Å². The van der Waals surface area contributed by atoms with Crippen LogP contribution in [0.1, 0.15) is 119 Å². The van der Waals surface area contributed by atoms with Crippen molar-refractivity contribution < 1.29 is 75.7 Å². The van der Waals surface area contributed by atoms with Gasteiger partial charge >= 0.3 is 0 Å². The summed E-state index contributed by atoms with van der Waals surface area (Å²) in [5.41, 5.74) is 0. The molecule has 0 aromatic rings. The van der Waals surface area contributed by atoms with E-state index < -0.39 is 137 Å². The number of hydrogen-bond acceptors (Lipinski definition) is 5. The summed E-state index contributed by atoms with van der Waals surface area (Å²) >= 11 is 0. The van der Waals surface area contributed by atoms with Gasteiger partial charge in [-0.25, -0.2) is 0 Å². The Balaban J connectivity index is 6.55. The number of rotatable bonds is 19. The van der Waals surface area contributed by atoms with Crippen molar-refractivity contribution in [1.82, 2.24) is 0 Å². The largest absolute Gasteiger partial charge is 0.756 e. The minimum absolute atomic E-state index is 1.29. The van der Waals surface area contributed by atoms with Gasteiger partial charge in [0.05, 0.1) is 52.0 Å². The summed E-state index contributed by atoms with van der Waals surface area (Å²) in [5, 5.41) is 0. The zero-order valence-electron chi connectivity index (χ0n) is 48.1. The Bertz CT molecular complexity index is 1540. The SMILES string of the molecule is [2H]C([2H])C([2H])([2H])C([2H])([2H])C([2H])([2H])C([2H])([2H])C([2H])([2H])C([2H])([2H])C([2H])([2H])C([2H])([2H])C([2H])([2H])C([2H])([2H])COCCOP(=O)([O-])OC([2H])([2H])C([2H])([2H])[N+](C([2H])([2H])[2H])(C([2H])([2H])[2H])C([2H])([2H])[2H]. The summed E-state index contributed by atoms with van der Waals surface area (Å²) < 4.78 is 296. The molecule has 158 valence electrons. The van der Waals surface area contributed by atoms with E-state index in [9.17, 15) is 9.46 Å². The second-order valence-corrected chi connectivity index (χ2v) is 4.97. The van der Waals surface area contributed by atoms with Gasteiger partial charge in [-0.05, 0) is 6.37 Å². The van der Waals surface area contributed by atoms with Crippen molar-refractivity contribution in [3.05, 3.63) is 0 Å². The Morgan fingerprint density at radius 1 is 0.885 bits per heavy atom. The molecule has 0 rings (SSSR count). The molecule has 0 aromatic carbocycles. The molecule has 0 saturated carbocycles. The Morgan fingerprint density at radius 2 is 1.50 bits per heavy atom. The van der Waals surface area contributed by atoms with Crippen LogP contribution in [0.25, 0.3) is 0 Å². The first-order chi connectivity index (χ1) is 25.9. The van der Waals surface area contributed by atoms with Crippen LogP contribution in [0.5, 0.6) is 0 Å². The lowest BCUT2D eigenvalue weighted by atomic mass is 10.1. The number of phosphoric acid groups is 1. The smallest absolute Gasteiger partial charge is 0.268 e. The molecule has 7 heteroatoms. The number of quaternary nitrogens is 1. The highest BCUT2D eigenvalue weighted by atomic mass is 31.2. The molecule has 0 aliphatic heterocycles. The van der Waals surface area contributed by atoms with Gasteiger partial charge in [-0.2, -0.15) is 0 Å². The van der Waals surface area contributed by atoms with Gasteiger partial charge in [-0.3, -0.25) is 4.57 Å². The van der Waals surface area contributed by atoms with Crippen molar-refractivity contribution in [1.29, 1.82) is 0 Å². The molecular formula is C19H42NO5P. The highest BCUT2D eigenvalue weighted by Crippen LogP contribution is 2.37. The molecule has 0 spiro atoms. The first kappa shape index (κ1) is 4.53. The molecule has 0 heterocycles. The van der Waals surface area contributed by atoms with Crippen molar-refractivity contribution in [2.75, 3.05) is 53.8 Å². The van der Waals surface area contributed by atoms with E-state index in [1.54, 1.807) is 0 Å². The van der Waals surface area contributed by atoms with E-state index >= 15 is 0 Å². The molecule has 0 saturated heterocycles. The summed E-state index contributed by atoms with van der Waals surface area (Å²) in [6, 6.07) is 0. The Labute approximate surface area is 210 Å². The van der Waals surface area contributed by atoms with Crippen molar-refractivity contribution in [2.24, 2.45) is 0 Å². The van der Waals surface area contributed by atoms with E-state index in [-0.39, 0.29) is 0 Å². The zero-order valence-corrected chi connectivity index (χ0v) is 14.0. The third-order valence-electron chi connectivity index (χ3n) is 1.62. The van der Waals surface area contributed by atoms with Gasteiger partial charge in [0.2, 0.25) is 0 Å². The maximum absolute atomic E-state index is 12.5. The van der Waals surface area contributed by atoms with Crippen LogP contribution in [0.15, 0.2) is 0 Å². The van der Waals surface area contributed by atoms with Crippen LogP contribution in [0.3, 0.4) is 0 Å². The predicted molar refractivity (Wildman–Crippen MR) is 105 cm³/mol. The molecule has 26 heavy (non-hydrogen) atoms. The van der Waals surface area contributed by atoms with Crippen LogP contribution in [0.2, 0.25) is 0 Å². The van der Waals surface area contributed by atoms with Crippen LogP contribution >= 0.6 is 7.82 Å². The van der Waals surface area contributed by atoms with Crippen LogP contribution < -0.4 is 4.89 Å². The van der Waals surface area contributed by atoms with Gasteiger partial charge in [-0.15, -0.1) is 0 Å². The minimum Gasteiger partial charge on any atom is -0.756 e. The summed E-state index contributed by atoms with van der Waals surface area (Å²) in [6.45, 7) is -30.4. The van der Waals surface area contributed by atoms with Crippen LogP contribution in [0, 0.1) is 0 Å². The molecular weight excluding hydrogens is 353 g/mol. The quantitative estimate of drug-likeness (QED) is 0.175. The predicted octanol–water partition coefficient (Wildman–Crippen LogP) is 4.13. The van der Waals surface area contributed by atoms with E-state index in [0.717, 1.165) is 0 Å². The summed E-state index contributed by atoms with van der Waals surface area (Å²) in [4.78, 5) is 12.5. The van der Waals surface area contributed by atoms with Gasteiger partial charge in [0, 0.05) is 36.8 Å². The van der Waals surface area contributed by atoms with Crippen LogP contribution in [-0.2, 0) is 18.3 Å². The molecule has 0 aliphatic rings. The van der Waals surface area contributed by atoms with Gasteiger partial charge in [0.15, 0.2) is 0 Å². The molecule has 1 atom stereocenters. The third-order valence-corrected chi connectivity index (χ3v) is 2.43. The number of phosphoric ester groups is 1. The zero-order chi connectivity index (χ0) is 50.3. The van der Waals surface area contributed by atoms with Crippen LogP contribution in [0.4, 0.5) is 0 Å². The molecule has 0 amide bonds. The monoisotopic (exact) mass is 430 g/mol. The average molecular weight is 431 g/mol. The molecule has 6 nitrogen and oxygen atoms in total. The third kappa shape index (κ3) is 20.3. The first-order valence-corrected chi connectivity index (χ1v) is 7.80. The summed E-state index contributed by atoms with van der Waals surface area (Å²) in [5.74, 6) is 0. The van der Waals surface area contributed by atoms with E-state index in [0.29, 0.717) is 0 Å². The van der Waals surface area contributed by atoms with E-state index in [1.807, 2.05) is 0 Å². The maximum atomic E-state index is 12.5. The van der Waals surface area contributed by atoms with E-state index in [4.69, 9.17) is 52.7 Å². The molecule has 0 bridgehead atoms. The maximum Gasteiger partial charge on any atom is 0.268 e. The minimum atomic E-state index is -6.37. The van der Waals surface area contributed by atoms with Gasteiger partial charge in [0.1, 0.15) is 13.1 Å². The Hall–Kier alpha value is 0.0300. The second kappa shape index (κ2) is 16.0. The number of hydrogen-bond donors (Lipinski definition) is 0. The van der Waals surface area contributed by atoms with E-state index in [1.165, 1.54) is 0 Å². The number of likely N-dealkylation sites (N-methyl/N-ethyl adjacent to an activating group) is 1. The fourth-order valence-corrected chi connectivity index (χ4v) is 1.31. The fraction of sp³-hybridized carbons (Fsp3) is 1.00. The lowest BCUT2D eigenvalue weighted by Gasteiger charge is -2.27. The Morgan fingerprint density at radius 3 is 2.12 bits per heavy atom. The highest BCUT2D eigenvalue weighted by Gasteiger charge is 2.13. The summed E-state index contributed by atoms with van der Waals surface area (Å²) in [6.07, 6.45) is -45.5. The van der Waals surface area contributed by atoms with Crippen LogP contribution in [-0.4, -0.2) is 58.3 Å². The van der Waals surface area contributed by atoms with Crippen molar-refractivity contribution in [2.45, 2.75) is 70.6 Å². The average Bonchev–Trinajstić information content (AvgIpc) is 2.96. The molecule has 0 aromatic heterocycles. The highest BCUT2D eigenvalue weighted by molar-refractivity contribution is 7.45. The van der Waals surface area contributed by atoms with E-state index in [2.05, 4.69) is 9.05 Å². The van der Waals surface area contributed by atoms with Gasteiger partial charge < -0.3 is 23.2 Å². The van der Waals surface area contributed by atoms with Gasteiger partial charge in [-0.1, -0.05) is 64.2 Å². The molecule has 0 radical (unpaired) electrons. The van der Waals surface area contributed by atoms with Crippen molar-refractivity contribution >= 4 is 7.82 Å².